The fourth-order valence-electron chi connectivity index (χ4n) is 2.63. The molecule has 2 aromatic heterocycles. The van der Waals surface area contributed by atoms with Crippen molar-refractivity contribution >= 4 is 39.0 Å². The van der Waals surface area contributed by atoms with E-state index in [2.05, 4.69) is 31.2 Å². The fourth-order valence-corrected chi connectivity index (χ4v) is 4.03. The Kier molecular flexibility index (Phi) is 6.36. The zero-order chi connectivity index (χ0) is 22.1. The molecular weight excluding hydrogens is 495 g/mol. The number of carbonyl (C=O) groups excluding carboxylic acids is 1. The van der Waals surface area contributed by atoms with Gasteiger partial charge in [0.25, 0.3) is 5.91 Å². The number of rotatable bonds is 6. The Bertz CT molecular complexity index is 1080. The summed E-state index contributed by atoms with van der Waals surface area (Å²) in [7, 11) is 0. The maximum absolute atomic E-state index is 13.9. The second kappa shape index (κ2) is 8.64. The summed E-state index contributed by atoms with van der Waals surface area (Å²) in [5.41, 5.74) is 3.94. The van der Waals surface area contributed by atoms with Gasteiger partial charge in [-0.3, -0.25) is 4.79 Å². The number of alkyl halides is 3. The number of thiophene rings is 1. The highest BCUT2D eigenvalue weighted by Gasteiger charge is 2.37. The second-order valence-corrected chi connectivity index (χ2v) is 8.00. The largest absolute Gasteiger partial charge is 0.418 e. The molecule has 30 heavy (non-hydrogen) atoms. The highest BCUT2D eigenvalue weighted by atomic mass is 79.9. The molecule has 0 aliphatic carbocycles. The lowest BCUT2D eigenvalue weighted by Gasteiger charge is -2.08. The third-order valence-electron chi connectivity index (χ3n) is 3.97. The molecule has 3 aromatic rings. The van der Waals surface area contributed by atoms with Crippen LogP contribution in [0.2, 0.25) is 0 Å². The lowest BCUT2D eigenvalue weighted by molar-refractivity contribution is -0.137. The van der Waals surface area contributed by atoms with Crippen LogP contribution in [-0.4, -0.2) is 22.4 Å². The highest BCUT2D eigenvalue weighted by molar-refractivity contribution is 9.10. The van der Waals surface area contributed by atoms with Gasteiger partial charge in [-0.25, -0.2) is 18.7 Å². The molecule has 1 aromatic carbocycles. The number of nitrogens with two attached hydrogens (primary N) is 1. The average Bonchev–Trinajstić information content (AvgIpc) is 3.10. The summed E-state index contributed by atoms with van der Waals surface area (Å²) in [5, 5.41) is 2.84. The molecule has 3 N–H and O–H groups in total. The third-order valence-corrected chi connectivity index (χ3v) is 5.60. The van der Waals surface area contributed by atoms with Gasteiger partial charge in [0.15, 0.2) is 0 Å². The number of halogens is 6. The first-order chi connectivity index (χ1) is 14.1. The van der Waals surface area contributed by atoms with Crippen molar-refractivity contribution < 1.29 is 26.7 Å². The maximum Gasteiger partial charge on any atom is 0.418 e. The Labute approximate surface area is 179 Å². The van der Waals surface area contributed by atoms with E-state index in [0.29, 0.717) is 11.3 Å². The van der Waals surface area contributed by atoms with Crippen LogP contribution < -0.4 is 11.1 Å². The summed E-state index contributed by atoms with van der Waals surface area (Å²) in [6, 6.07) is 4.45. The van der Waals surface area contributed by atoms with E-state index in [1.807, 2.05) is 0 Å². The van der Waals surface area contributed by atoms with E-state index in [0.717, 1.165) is 24.5 Å². The number of amides is 1. The van der Waals surface area contributed by atoms with Crippen LogP contribution in [0.3, 0.4) is 0 Å². The van der Waals surface area contributed by atoms with E-state index in [1.165, 1.54) is 6.07 Å². The number of hydrogen-bond donors (Lipinski definition) is 2. The number of primary amides is 1. The second-order valence-electron chi connectivity index (χ2n) is 6.03. The predicted molar refractivity (Wildman–Crippen MR) is 105 cm³/mol. The van der Waals surface area contributed by atoms with Crippen LogP contribution in [0, 0.1) is 11.6 Å². The van der Waals surface area contributed by atoms with Crippen molar-refractivity contribution in [1.82, 2.24) is 9.97 Å². The van der Waals surface area contributed by atoms with Gasteiger partial charge in [0.2, 0.25) is 0 Å². The van der Waals surface area contributed by atoms with Gasteiger partial charge in [-0.05, 0) is 24.6 Å². The maximum atomic E-state index is 13.9. The monoisotopic (exact) mass is 506 g/mol. The van der Waals surface area contributed by atoms with E-state index >= 15 is 0 Å². The lowest BCUT2D eigenvalue weighted by Crippen LogP contribution is -2.15. The van der Waals surface area contributed by atoms with Crippen LogP contribution in [0.25, 0.3) is 10.6 Å². The number of aromatic nitrogens is 2. The van der Waals surface area contributed by atoms with Gasteiger partial charge in [0, 0.05) is 22.6 Å². The minimum absolute atomic E-state index is 0.00727. The first-order valence-electron chi connectivity index (χ1n) is 8.27. The molecule has 0 unspecified atom stereocenters. The van der Waals surface area contributed by atoms with Gasteiger partial charge in [-0.2, -0.15) is 13.2 Å². The van der Waals surface area contributed by atoms with Gasteiger partial charge in [-0.15, -0.1) is 11.3 Å². The smallest absolute Gasteiger partial charge is 0.370 e. The Morgan fingerprint density at radius 1 is 1.13 bits per heavy atom. The fraction of sp³-hybridized carbons (Fsp3) is 0.167. The Morgan fingerprint density at radius 3 is 2.37 bits per heavy atom. The average molecular weight is 507 g/mol. The van der Waals surface area contributed by atoms with E-state index < -0.39 is 34.2 Å². The molecular formula is C18H12BrF5N4OS. The predicted octanol–water partition coefficient (Wildman–Crippen LogP) is 5.02. The minimum atomic E-state index is -4.74. The van der Waals surface area contributed by atoms with Crippen LogP contribution in [0.1, 0.15) is 20.8 Å². The summed E-state index contributed by atoms with van der Waals surface area (Å²) < 4.78 is 67.4. The molecule has 0 aliphatic heterocycles. The number of anilines is 1. The molecule has 12 heteroatoms. The molecule has 5 nitrogen and oxygen atoms in total. The number of benzene rings is 1. The highest BCUT2D eigenvalue weighted by Crippen LogP contribution is 2.40. The Hall–Kier alpha value is -2.60. The van der Waals surface area contributed by atoms with Crippen LogP contribution in [0.4, 0.5) is 27.8 Å². The van der Waals surface area contributed by atoms with Crippen molar-refractivity contribution in [3.8, 4) is 10.6 Å². The zero-order valence-corrected chi connectivity index (χ0v) is 17.3. The van der Waals surface area contributed by atoms with Gasteiger partial charge in [0.05, 0.1) is 16.1 Å². The molecule has 0 atom stereocenters. The number of nitrogens with zero attached hydrogens (tertiary/aromatic N) is 2. The van der Waals surface area contributed by atoms with Gasteiger partial charge in [0.1, 0.15) is 28.7 Å². The molecule has 0 fully saturated rings. The molecule has 0 spiro atoms. The SMILES string of the molecule is NC(=O)c1sc(-c2cc(NCCc3c(F)cc(Br)cc3F)ncn2)cc1C(F)(F)F. The van der Waals surface area contributed by atoms with E-state index in [9.17, 15) is 26.7 Å². The number of nitrogens with one attached hydrogen (secondary N) is 1. The first kappa shape index (κ1) is 22.1. The molecule has 0 saturated heterocycles. The van der Waals surface area contributed by atoms with Crippen LogP contribution in [-0.2, 0) is 12.6 Å². The summed E-state index contributed by atoms with van der Waals surface area (Å²) in [6.45, 7) is 0.108. The van der Waals surface area contributed by atoms with E-state index in [4.69, 9.17) is 5.73 Å². The normalized spacial score (nSPS) is 11.5. The van der Waals surface area contributed by atoms with Crippen molar-refractivity contribution in [3.05, 3.63) is 62.7 Å². The Balaban J connectivity index is 1.78. The topological polar surface area (TPSA) is 80.9 Å². The van der Waals surface area contributed by atoms with E-state index in [1.54, 1.807) is 0 Å². The summed E-state index contributed by atoms with van der Waals surface area (Å²) in [4.78, 5) is 18.7. The summed E-state index contributed by atoms with van der Waals surface area (Å²) in [5.74, 6) is -2.36. The Morgan fingerprint density at radius 2 is 1.80 bits per heavy atom. The third kappa shape index (κ3) is 4.93. The summed E-state index contributed by atoms with van der Waals surface area (Å²) >= 11 is 3.57. The molecule has 1 amide bonds. The molecule has 0 radical (unpaired) electrons. The molecule has 0 bridgehead atoms. The minimum Gasteiger partial charge on any atom is -0.370 e. The van der Waals surface area contributed by atoms with Gasteiger partial charge < -0.3 is 11.1 Å². The van der Waals surface area contributed by atoms with Crippen molar-refractivity contribution in [3.63, 3.8) is 0 Å². The van der Waals surface area contributed by atoms with Gasteiger partial charge in [-0.1, -0.05) is 15.9 Å². The number of carbonyl (C=O) groups is 1. The van der Waals surface area contributed by atoms with Crippen molar-refractivity contribution in [1.29, 1.82) is 0 Å². The molecule has 2 heterocycles. The van der Waals surface area contributed by atoms with Crippen molar-refractivity contribution in [2.24, 2.45) is 5.73 Å². The molecule has 0 saturated carbocycles. The first-order valence-corrected chi connectivity index (χ1v) is 9.87. The molecule has 3 rings (SSSR count). The quantitative estimate of drug-likeness (QED) is 0.460. The lowest BCUT2D eigenvalue weighted by atomic mass is 10.1. The number of hydrogen-bond acceptors (Lipinski definition) is 5. The van der Waals surface area contributed by atoms with Gasteiger partial charge >= 0.3 is 6.18 Å². The van der Waals surface area contributed by atoms with Crippen LogP contribution in [0.5, 0.6) is 0 Å². The standard InChI is InChI=1S/C18H12BrF5N4OS/c19-8-3-11(20)9(12(21)4-8)1-2-26-15-6-13(27-7-28-15)14-5-10(18(22,23)24)16(30-14)17(25)29/h3-7H,1-2H2,(H2,25,29)(H,26,27,28). The van der Waals surface area contributed by atoms with Crippen molar-refractivity contribution in [2.45, 2.75) is 12.6 Å². The van der Waals surface area contributed by atoms with Crippen LogP contribution >= 0.6 is 27.3 Å². The van der Waals surface area contributed by atoms with E-state index in [-0.39, 0.29) is 39.4 Å². The summed E-state index contributed by atoms with van der Waals surface area (Å²) in [6.07, 6.45) is -3.62. The molecule has 158 valence electrons. The van der Waals surface area contributed by atoms with Crippen molar-refractivity contribution in [2.75, 3.05) is 11.9 Å². The zero-order valence-electron chi connectivity index (χ0n) is 14.9. The van der Waals surface area contributed by atoms with Crippen LogP contribution in [0.15, 0.2) is 35.1 Å². The molecule has 0 aliphatic rings.